The van der Waals surface area contributed by atoms with E-state index in [0.717, 1.165) is 6.07 Å². The lowest BCUT2D eigenvalue weighted by Crippen LogP contribution is -2.47. The topological polar surface area (TPSA) is 87.7 Å². The Hall–Kier alpha value is -1.82. The van der Waals surface area contributed by atoms with E-state index in [1.807, 2.05) is 0 Å². The summed E-state index contributed by atoms with van der Waals surface area (Å²) >= 11 is 5.60. The number of carbonyl (C=O) groups excluding carboxylic acids is 1. The van der Waals surface area contributed by atoms with Crippen LogP contribution in [0.25, 0.3) is 0 Å². The molecular formula is C12H15ClFN3O2. The lowest BCUT2D eigenvalue weighted by atomic mass is 10.0. The van der Waals surface area contributed by atoms with Crippen LogP contribution in [-0.4, -0.2) is 23.0 Å². The van der Waals surface area contributed by atoms with E-state index in [1.165, 1.54) is 12.1 Å². The van der Waals surface area contributed by atoms with Crippen LogP contribution >= 0.6 is 11.6 Å². The van der Waals surface area contributed by atoms with Crippen molar-refractivity contribution < 1.29 is 14.4 Å². The van der Waals surface area contributed by atoms with Gasteiger partial charge in [0.25, 0.3) is 5.91 Å². The standard InChI is InChI=1S/C12H15ClFN3O2/c1-6(2)10(11(15)17-19)16-12(18)7-3-4-9(14)8(13)5-7/h3-6,10,19H,1-2H3,(H2,15,17)(H,16,18). The molecule has 5 nitrogen and oxygen atoms in total. The number of nitrogens with zero attached hydrogens (tertiary/aromatic N) is 1. The van der Waals surface area contributed by atoms with E-state index >= 15 is 0 Å². The molecule has 0 radical (unpaired) electrons. The summed E-state index contributed by atoms with van der Waals surface area (Å²) in [5.41, 5.74) is 5.69. The molecule has 1 aromatic carbocycles. The number of rotatable bonds is 4. The van der Waals surface area contributed by atoms with Crippen molar-refractivity contribution in [2.45, 2.75) is 19.9 Å². The van der Waals surface area contributed by atoms with Crippen LogP contribution in [-0.2, 0) is 0 Å². The largest absolute Gasteiger partial charge is 0.409 e. The molecule has 1 unspecified atom stereocenters. The fraction of sp³-hybridized carbons (Fsp3) is 0.333. The molecule has 0 fully saturated rings. The molecule has 1 rings (SSSR count). The zero-order valence-electron chi connectivity index (χ0n) is 10.5. The highest BCUT2D eigenvalue weighted by Gasteiger charge is 2.21. The van der Waals surface area contributed by atoms with E-state index < -0.39 is 17.8 Å². The number of amides is 1. The first-order chi connectivity index (χ1) is 8.86. The highest BCUT2D eigenvalue weighted by molar-refractivity contribution is 6.31. The Morgan fingerprint density at radius 2 is 2.16 bits per heavy atom. The smallest absolute Gasteiger partial charge is 0.251 e. The van der Waals surface area contributed by atoms with Crippen molar-refractivity contribution in [1.29, 1.82) is 0 Å². The number of carbonyl (C=O) groups is 1. The summed E-state index contributed by atoms with van der Waals surface area (Å²) in [4.78, 5) is 12.0. The first-order valence-corrected chi connectivity index (χ1v) is 5.98. The van der Waals surface area contributed by atoms with Crippen molar-refractivity contribution in [3.63, 3.8) is 0 Å². The maximum absolute atomic E-state index is 13.0. The minimum atomic E-state index is -0.624. The summed E-state index contributed by atoms with van der Waals surface area (Å²) in [6.07, 6.45) is 0. The summed E-state index contributed by atoms with van der Waals surface area (Å²) in [7, 11) is 0. The zero-order chi connectivity index (χ0) is 14.6. The van der Waals surface area contributed by atoms with Gasteiger partial charge in [-0.05, 0) is 24.1 Å². The highest BCUT2D eigenvalue weighted by Crippen LogP contribution is 2.16. The molecule has 0 heterocycles. The van der Waals surface area contributed by atoms with E-state index in [0.29, 0.717) is 0 Å². The molecule has 4 N–H and O–H groups in total. The van der Waals surface area contributed by atoms with Crippen LogP contribution in [0.3, 0.4) is 0 Å². The number of hydrogen-bond donors (Lipinski definition) is 3. The molecule has 0 spiro atoms. The predicted molar refractivity (Wildman–Crippen MR) is 70.9 cm³/mol. The Morgan fingerprint density at radius 3 is 2.63 bits per heavy atom. The summed E-state index contributed by atoms with van der Waals surface area (Å²) in [5, 5.41) is 14.0. The second-order valence-electron chi connectivity index (χ2n) is 4.35. The SMILES string of the molecule is CC(C)C(NC(=O)c1ccc(F)c(Cl)c1)/C(N)=N/O. The summed E-state index contributed by atoms with van der Waals surface area (Å²) in [6, 6.07) is 3.00. The van der Waals surface area contributed by atoms with Crippen molar-refractivity contribution in [2.24, 2.45) is 16.8 Å². The van der Waals surface area contributed by atoms with Gasteiger partial charge in [0.15, 0.2) is 5.84 Å². The van der Waals surface area contributed by atoms with Gasteiger partial charge >= 0.3 is 0 Å². The van der Waals surface area contributed by atoms with E-state index in [2.05, 4.69) is 10.5 Å². The Labute approximate surface area is 115 Å². The van der Waals surface area contributed by atoms with Crippen LogP contribution in [0.4, 0.5) is 4.39 Å². The van der Waals surface area contributed by atoms with Crippen LogP contribution < -0.4 is 11.1 Å². The van der Waals surface area contributed by atoms with Crippen molar-refractivity contribution in [3.05, 3.63) is 34.6 Å². The van der Waals surface area contributed by atoms with Crippen molar-refractivity contribution >= 4 is 23.3 Å². The van der Waals surface area contributed by atoms with Gasteiger partial charge in [-0.15, -0.1) is 0 Å². The highest BCUT2D eigenvalue weighted by atomic mass is 35.5. The summed E-state index contributed by atoms with van der Waals surface area (Å²) in [6.45, 7) is 3.61. The third kappa shape index (κ3) is 3.82. The molecular weight excluding hydrogens is 273 g/mol. The summed E-state index contributed by atoms with van der Waals surface area (Å²) in [5.74, 6) is -1.26. The van der Waals surface area contributed by atoms with Crippen LogP contribution in [0.1, 0.15) is 24.2 Å². The molecule has 1 aromatic rings. The Morgan fingerprint density at radius 1 is 1.53 bits per heavy atom. The van der Waals surface area contributed by atoms with Crippen molar-refractivity contribution in [2.75, 3.05) is 0 Å². The van der Waals surface area contributed by atoms with Gasteiger partial charge in [0, 0.05) is 5.56 Å². The molecule has 0 aromatic heterocycles. The van der Waals surface area contributed by atoms with Crippen molar-refractivity contribution in [1.82, 2.24) is 5.32 Å². The predicted octanol–water partition coefficient (Wildman–Crippen LogP) is 1.98. The van der Waals surface area contributed by atoms with Crippen LogP contribution in [0.5, 0.6) is 0 Å². The summed E-state index contributed by atoms with van der Waals surface area (Å²) < 4.78 is 13.0. The normalized spacial score (nSPS) is 13.4. The number of oxime groups is 1. The van der Waals surface area contributed by atoms with E-state index in [1.54, 1.807) is 13.8 Å². The zero-order valence-corrected chi connectivity index (χ0v) is 11.3. The number of nitrogens with one attached hydrogen (secondary N) is 1. The van der Waals surface area contributed by atoms with Gasteiger partial charge < -0.3 is 16.3 Å². The van der Waals surface area contributed by atoms with Gasteiger partial charge in [0.2, 0.25) is 0 Å². The van der Waals surface area contributed by atoms with Gasteiger partial charge in [-0.3, -0.25) is 4.79 Å². The number of benzene rings is 1. The fourth-order valence-corrected chi connectivity index (χ4v) is 1.69. The molecule has 0 saturated carbocycles. The average Bonchev–Trinajstić information content (AvgIpc) is 2.37. The van der Waals surface area contributed by atoms with Gasteiger partial charge in [0.1, 0.15) is 5.82 Å². The number of hydrogen-bond acceptors (Lipinski definition) is 3. The minimum absolute atomic E-state index is 0.0734. The van der Waals surface area contributed by atoms with Crippen molar-refractivity contribution in [3.8, 4) is 0 Å². The molecule has 104 valence electrons. The van der Waals surface area contributed by atoms with Gasteiger partial charge in [-0.25, -0.2) is 4.39 Å². The molecule has 19 heavy (non-hydrogen) atoms. The third-order valence-corrected chi connectivity index (χ3v) is 2.86. The fourth-order valence-electron chi connectivity index (χ4n) is 1.51. The lowest BCUT2D eigenvalue weighted by Gasteiger charge is -2.20. The molecule has 1 amide bonds. The second-order valence-corrected chi connectivity index (χ2v) is 4.76. The quantitative estimate of drug-likeness (QED) is 0.342. The third-order valence-electron chi connectivity index (χ3n) is 2.57. The molecule has 0 bridgehead atoms. The van der Waals surface area contributed by atoms with Crippen LogP contribution in [0.15, 0.2) is 23.4 Å². The Balaban J connectivity index is 2.91. The minimum Gasteiger partial charge on any atom is -0.409 e. The van der Waals surface area contributed by atoms with Gasteiger partial charge in [-0.1, -0.05) is 30.6 Å². The molecule has 0 aliphatic carbocycles. The monoisotopic (exact) mass is 287 g/mol. The number of halogens is 2. The molecule has 0 aliphatic heterocycles. The van der Waals surface area contributed by atoms with Crippen LogP contribution in [0.2, 0.25) is 5.02 Å². The molecule has 0 saturated heterocycles. The van der Waals surface area contributed by atoms with E-state index in [4.69, 9.17) is 22.5 Å². The molecule has 0 aliphatic rings. The maximum atomic E-state index is 13.0. The average molecular weight is 288 g/mol. The lowest BCUT2D eigenvalue weighted by molar-refractivity contribution is 0.0939. The number of amidine groups is 1. The van der Waals surface area contributed by atoms with E-state index in [9.17, 15) is 9.18 Å². The molecule has 7 heteroatoms. The van der Waals surface area contributed by atoms with Gasteiger partial charge in [0.05, 0.1) is 11.1 Å². The van der Waals surface area contributed by atoms with Crippen LogP contribution in [0, 0.1) is 11.7 Å². The van der Waals surface area contributed by atoms with Gasteiger partial charge in [-0.2, -0.15) is 0 Å². The first-order valence-electron chi connectivity index (χ1n) is 5.60. The first kappa shape index (κ1) is 15.2. The maximum Gasteiger partial charge on any atom is 0.251 e. The molecule has 1 atom stereocenters. The van der Waals surface area contributed by atoms with E-state index in [-0.39, 0.29) is 22.3 Å². The number of nitrogens with two attached hydrogens (primary N) is 1. The Bertz CT molecular complexity index is 506. The Kier molecular flexibility index (Phi) is 5.11. The second kappa shape index (κ2) is 6.38.